The van der Waals surface area contributed by atoms with Crippen molar-refractivity contribution >= 4 is 11.9 Å². The quantitative estimate of drug-likeness (QED) is 0.687. The minimum absolute atomic E-state index is 0.181. The monoisotopic (exact) mass is 388 g/mol. The molecule has 29 heavy (non-hydrogen) atoms. The zero-order chi connectivity index (χ0) is 19.8. The molecule has 148 valence electrons. The Kier molecular flexibility index (Phi) is 4.50. The van der Waals surface area contributed by atoms with Gasteiger partial charge in [0.05, 0.1) is 6.54 Å². The third kappa shape index (κ3) is 3.26. The summed E-state index contributed by atoms with van der Waals surface area (Å²) in [5.74, 6) is 0.852. The van der Waals surface area contributed by atoms with Gasteiger partial charge in [0.15, 0.2) is 0 Å². The molecule has 0 spiro atoms. The van der Waals surface area contributed by atoms with Gasteiger partial charge >= 0.3 is 0 Å². The summed E-state index contributed by atoms with van der Waals surface area (Å²) < 4.78 is 1.80. The minimum atomic E-state index is -0.241. The number of aromatic nitrogens is 4. The molecule has 3 heterocycles. The van der Waals surface area contributed by atoms with Gasteiger partial charge in [-0.1, -0.05) is 59.7 Å². The van der Waals surface area contributed by atoms with Gasteiger partial charge in [0.25, 0.3) is 0 Å². The fourth-order valence-electron chi connectivity index (χ4n) is 4.44. The van der Waals surface area contributed by atoms with Crippen molar-refractivity contribution < 1.29 is 4.79 Å². The maximum atomic E-state index is 12.8. The molecule has 2 aliphatic heterocycles. The number of carbonyl (C=O) groups is 1. The molecule has 7 heteroatoms. The normalized spacial score (nSPS) is 21.5. The fraction of sp³-hybridized carbons (Fsp3) is 0.364. The Morgan fingerprint density at radius 1 is 1.00 bits per heavy atom. The van der Waals surface area contributed by atoms with Crippen LogP contribution in [0.25, 0.3) is 11.1 Å². The van der Waals surface area contributed by atoms with E-state index in [0.29, 0.717) is 12.5 Å². The van der Waals surface area contributed by atoms with Gasteiger partial charge in [-0.2, -0.15) is 0 Å². The number of rotatable bonds is 4. The van der Waals surface area contributed by atoms with Crippen LogP contribution in [0.3, 0.4) is 0 Å². The van der Waals surface area contributed by atoms with E-state index in [1.807, 2.05) is 30.0 Å². The van der Waals surface area contributed by atoms with Gasteiger partial charge in [-0.25, -0.2) is 4.68 Å². The van der Waals surface area contributed by atoms with Crippen molar-refractivity contribution in [1.29, 1.82) is 0 Å². The Morgan fingerprint density at radius 2 is 1.76 bits per heavy atom. The molecule has 2 atom stereocenters. The van der Waals surface area contributed by atoms with E-state index in [-0.39, 0.29) is 18.0 Å². The zero-order valence-corrected chi connectivity index (χ0v) is 16.5. The second-order valence-corrected chi connectivity index (χ2v) is 7.86. The van der Waals surface area contributed by atoms with Crippen LogP contribution in [0.5, 0.6) is 0 Å². The summed E-state index contributed by atoms with van der Waals surface area (Å²) in [6.07, 6.45) is 2.13. The lowest BCUT2D eigenvalue weighted by Crippen LogP contribution is -2.59. The number of hydrogen-bond donors (Lipinski definition) is 0. The average Bonchev–Trinajstić information content (AvgIpc) is 3.41. The molecule has 0 N–H and O–H groups in total. The van der Waals surface area contributed by atoms with Crippen molar-refractivity contribution in [3.8, 4) is 11.1 Å². The smallest absolute Gasteiger partial charge is 0.246 e. The molecule has 0 aliphatic carbocycles. The largest absolute Gasteiger partial charge is 0.336 e. The van der Waals surface area contributed by atoms with Crippen LogP contribution in [0.2, 0.25) is 0 Å². The molecule has 0 bridgehead atoms. The third-order valence-electron chi connectivity index (χ3n) is 6.06. The molecule has 2 saturated heterocycles. The molecule has 0 unspecified atom stereocenters. The van der Waals surface area contributed by atoms with Crippen LogP contribution in [0.1, 0.15) is 25.3 Å². The highest BCUT2D eigenvalue weighted by molar-refractivity contribution is 5.86. The minimum Gasteiger partial charge on any atom is -0.336 e. The Bertz CT molecular complexity index is 1000. The molecule has 2 aliphatic rings. The number of tetrazole rings is 1. The summed E-state index contributed by atoms with van der Waals surface area (Å²) in [7, 11) is 0. The average molecular weight is 388 g/mol. The molecule has 0 radical (unpaired) electrons. The van der Waals surface area contributed by atoms with Crippen molar-refractivity contribution in [2.24, 2.45) is 0 Å². The molecule has 7 nitrogen and oxygen atoms in total. The first-order valence-electron chi connectivity index (χ1n) is 10.2. The van der Waals surface area contributed by atoms with Crippen molar-refractivity contribution in [2.45, 2.75) is 38.4 Å². The van der Waals surface area contributed by atoms with Gasteiger partial charge in [0, 0.05) is 19.1 Å². The molecular formula is C22H24N6O. The van der Waals surface area contributed by atoms with E-state index in [4.69, 9.17) is 0 Å². The van der Waals surface area contributed by atoms with Crippen LogP contribution >= 0.6 is 0 Å². The molecular weight excluding hydrogens is 364 g/mol. The van der Waals surface area contributed by atoms with Crippen LogP contribution in [0.4, 0.5) is 5.95 Å². The second-order valence-electron chi connectivity index (χ2n) is 7.86. The number of nitrogens with zero attached hydrogens (tertiary/aromatic N) is 6. The first kappa shape index (κ1) is 17.8. The lowest BCUT2D eigenvalue weighted by Gasteiger charge is -2.41. The van der Waals surface area contributed by atoms with E-state index in [9.17, 15) is 4.79 Å². The molecule has 0 saturated carbocycles. The standard InChI is InChI=1S/C22H24N6O/c1-16-21(29)26-13-5-8-20(26)15-27(16)22-23-24-25-28(22)14-17-9-11-19(12-10-17)18-6-3-2-4-7-18/h2-4,6-7,9-12,16,20H,5,8,13-15H2,1H3/t16-,20+/m0/s1. The van der Waals surface area contributed by atoms with E-state index in [1.54, 1.807) is 4.68 Å². The molecule has 2 fully saturated rings. The number of hydrogen-bond acceptors (Lipinski definition) is 5. The fourth-order valence-corrected chi connectivity index (χ4v) is 4.44. The molecule has 2 aromatic carbocycles. The molecule has 3 aromatic rings. The molecule has 1 aromatic heterocycles. The number of piperazine rings is 1. The predicted octanol–water partition coefficient (Wildman–Crippen LogP) is 2.59. The molecule has 1 amide bonds. The van der Waals surface area contributed by atoms with Gasteiger partial charge in [0.1, 0.15) is 6.04 Å². The Labute approximate surface area is 169 Å². The molecule has 5 rings (SSSR count). The van der Waals surface area contributed by atoms with Crippen LogP contribution in [0, 0.1) is 0 Å². The maximum absolute atomic E-state index is 12.8. The number of anilines is 1. The highest BCUT2D eigenvalue weighted by Crippen LogP contribution is 2.28. The first-order valence-corrected chi connectivity index (χ1v) is 10.2. The van der Waals surface area contributed by atoms with Crippen molar-refractivity contribution in [3.05, 3.63) is 60.2 Å². The van der Waals surface area contributed by atoms with Gasteiger partial charge in [-0.15, -0.1) is 0 Å². The lowest BCUT2D eigenvalue weighted by atomic mass is 10.0. The van der Waals surface area contributed by atoms with E-state index < -0.39 is 0 Å². The number of amides is 1. The Balaban J connectivity index is 1.36. The number of fused-ring (bicyclic) bond motifs is 1. The summed E-state index contributed by atoms with van der Waals surface area (Å²) >= 11 is 0. The van der Waals surface area contributed by atoms with Gasteiger partial charge in [0.2, 0.25) is 11.9 Å². The second kappa shape index (κ2) is 7.31. The van der Waals surface area contributed by atoms with Crippen LogP contribution in [0.15, 0.2) is 54.6 Å². The van der Waals surface area contributed by atoms with Crippen molar-refractivity contribution in [3.63, 3.8) is 0 Å². The summed E-state index contributed by atoms with van der Waals surface area (Å²) in [4.78, 5) is 16.8. The van der Waals surface area contributed by atoms with Crippen LogP contribution < -0.4 is 4.90 Å². The van der Waals surface area contributed by atoms with E-state index >= 15 is 0 Å². The number of benzene rings is 2. The topological polar surface area (TPSA) is 67.2 Å². The SMILES string of the molecule is C[C@H]1C(=O)N2CCC[C@@H]2CN1c1nnnn1Cc1ccc(-c2ccccc2)cc1. The van der Waals surface area contributed by atoms with Gasteiger partial charge in [-0.3, -0.25) is 4.79 Å². The van der Waals surface area contributed by atoms with E-state index in [2.05, 4.69) is 56.8 Å². The summed E-state index contributed by atoms with van der Waals surface area (Å²) in [6, 6.07) is 18.8. The van der Waals surface area contributed by atoms with Crippen molar-refractivity contribution in [2.75, 3.05) is 18.0 Å². The van der Waals surface area contributed by atoms with Crippen LogP contribution in [-0.4, -0.2) is 56.2 Å². The summed E-state index contributed by atoms with van der Waals surface area (Å²) in [5, 5.41) is 12.4. The predicted molar refractivity (Wildman–Crippen MR) is 110 cm³/mol. The summed E-state index contributed by atoms with van der Waals surface area (Å²) in [5.41, 5.74) is 3.50. The first-order chi connectivity index (χ1) is 14.2. The number of carbonyl (C=O) groups excluding carboxylic acids is 1. The summed E-state index contributed by atoms with van der Waals surface area (Å²) in [6.45, 7) is 4.19. The van der Waals surface area contributed by atoms with E-state index in [1.165, 1.54) is 11.1 Å². The van der Waals surface area contributed by atoms with Crippen LogP contribution in [-0.2, 0) is 11.3 Å². The highest BCUT2D eigenvalue weighted by atomic mass is 16.2. The van der Waals surface area contributed by atoms with Gasteiger partial charge < -0.3 is 9.80 Å². The van der Waals surface area contributed by atoms with E-state index in [0.717, 1.165) is 31.5 Å². The zero-order valence-electron chi connectivity index (χ0n) is 16.5. The third-order valence-corrected chi connectivity index (χ3v) is 6.06. The highest BCUT2D eigenvalue weighted by Gasteiger charge is 2.41. The van der Waals surface area contributed by atoms with Crippen molar-refractivity contribution in [1.82, 2.24) is 25.1 Å². The Hall–Kier alpha value is -3.22. The Morgan fingerprint density at radius 3 is 2.55 bits per heavy atom. The van der Waals surface area contributed by atoms with Gasteiger partial charge in [-0.05, 0) is 46.9 Å². The maximum Gasteiger partial charge on any atom is 0.246 e. The lowest BCUT2D eigenvalue weighted by molar-refractivity contribution is -0.134.